The van der Waals surface area contributed by atoms with Crippen LogP contribution in [-0.2, 0) is 13.1 Å². The zero-order valence-electron chi connectivity index (χ0n) is 12.0. The normalized spacial score (nSPS) is 10.8. The summed E-state index contributed by atoms with van der Waals surface area (Å²) < 4.78 is 0. The summed E-state index contributed by atoms with van der Waals surface area (Å²) in [6.07, 6.45) is 1.80. The van der Waals surface area contributed by atoms with Gasteiger partial charge in [-0.25, -0.2) is 0 Å². The van der Waals surface area contributed by atoms with Gasteiger partial charge >= 0.3 is 0 Å². The van der Waals surface area contributed by atoms with Gasteiger partial charge in [-0.3, -0.25) is 15.3 Å². The lowest BCUT2D eigenvalue weighted by molar-refractivity contribution is 0.268. The molecule has 1 aromatic carbocycles. The highest BCUT2D eigenvalue weighted by Crippen LogP contribution is 2.20. The van der Waals surface area contributed by atoms with Gasteiger partial charge in [-0.15, -0.1) is 0 Å². The molecule has 1 aromatic heterocycles. The number of benzene rings is 1. The first-order valence-corrected chi connectivity index (χ1v) is 7.23. The van der Waals surface area contributed by atoms with Gasteiger partial charge < -0.3 is 5.73 Å². The van der Waals surface area contributed by atoms with E-state index in [4.69, 9.17) is 22.7 Å². The molecule has 21 heavy (non-hydrogen) atoms. The zero-order valence-corrected chi connectivity index (χ0v) is 12.8. The van der Waals surface area contributed by atoms with Crippen molar-refractivity contribution >= 4 is 17.4 Å². The molecule has 4 nitrogen and oxygen atoms in total. The smallest absolute Gasteiger partial charge is 0.122 e. The summed E-state index contributed by atoms with van der Waals surface area (Å²) in [4.78, 5) is 6.61. The molecule has 0 atom stereocenters. The first-order valence-electron chi connectivity index (χ1n) is 6.85. The van der Waals surface area contributed by atoms with Crippen molar-refractivity contribution in [1.82, 2.24) is 9.88 Å². The maximum atomic E-state index is 7.43. The van der Waals surface area contributed by atoms with Crippen molar-refractivity contribution in [3.63, 3.8) is 0 Å². The molecule has 0 spiro atoms. The lowest BCUT2D eigenvalue weighted by Gasteiger charge is -2.21. The molecule has 5 heteroatoms. The SMILES string of the molecule is CCN(Cc1ccccn1)Cc1ccc(C(=N)N)cc1Cl. The Kier molecular flexibility index (Phi) is 5.31. The summed E-state index contributed by atoms with van der Waals surface area (Å²) >= 11 is 6.28. The minimum atomic E-state index is 0.0317. The molecule has 2 rings (SSSR count). The van der Waals surface area contributed by atoms with Gasteiger partial charge in [0.2, 0.25) is 0 Å². The minimum Gasteiger partial charge on any atom is -0.384 e. The number of pyridine rings is 1. The van der Waals surface area contributed by atoms with Crippen molar-refractivity contribution < 1.29 is 0 Å². The van der Waals surface area contributed by atoms with Gasteiger partial charge in [0.25, 0.3) is 0 Å². The monoisotopic (exact) mass is 302 g/mol. The van der Waals surface area contributed by atoms with E-state index in [0.717, 1.165) is 30.9 Å². The Labute approximate surface area is 130 Å². The van der Waals surface area contributed by atoms with Crippen LogP contribution in [0.25, 0.3) is 0 Å². The molecule has 0 amide bonds. The highest BCUT2D eigenvalue weighted by atomic mass is 35.5. The molecule has 0 aliphatic heterocycles. The van der Waals surface area contributed by atoms with E-state index in [9.17, 15) is 0 Å². The standard InChI is InChI=1S/C16H19ClN4/c1-2-21(11-14-5-3-4-8-20-14)10-13-7-6-12(16(18)19)9-15(13)17/h3-9H,2,10-11H2,1H3,(H3,18,19). The lowest BCUT2D eigenvalue weighted by atomic mass is 10.1. The number of rotatable bonds is 6. The van der Waals surface area contributed by atoms with Gasteiger partial charge in [0, 0.05) is 29.9 Å². The molecule has 0 saturated carbocycles. The molecule has 1 heterocycles. The Hall–Kier alpha value is -1.91. The predicted molar refractivity (Wildman–Crippen MR) is 86.5 cm³/mol. The summed E-state index contributed by atoms with van der Waals surface area (Å²) in [7, 11) is 0. The number of nitrogens with two attached hydrogens (primary N) is 1. The summed E-state index contributed by atoms with van der Waals surface area (Å²) in [5.74, 6) is 0.0317. The van der Waals surface area contributed by atoms with Crippen molar-refractivity contribution in [2.75, 3.05) is 6.54 Å². The second-order valence-corrected chi connectivity index (χ2v) is 5.25. The van der Waals surface area contributed by atoms with Crippen molar-refractivity contribution in [2.24, 2.45) is 5.73 Å². The fourth-order valence-electron chi connectivity index (χ4n) is 2.08. The molecule has 0 aliphatic rings. The van der Waals surface area contributed by atoms with Gasteiger partial charge in [0.05, 0.1) is 5.69 Å². The molecule has 0 aliphatic carbocycles. The number of hydrogen-bond donors (Lipinski definition) is 2. The third-order valence-electron chi connectivity index (χ3n) is 3.32. The molecular formula is C16H19ClN4. The summed E-state index contributed by atoms with van der Waals surface area (Å²) in [6.45, 7) is 4.54. The maximum Gasteiger partial charge on any atom is 0.122 e. The first-order chi connectivity index (χ1) is 10.1. The fourth-order valence-corrected chi connectivity index (χ4v) is 2.32. The van der Waals surface area contributed by atoms with E-state index in [0.29, 0.717) is 10.6 Å². The molecule has 3 N–H and O–H groups in total. The van der Waals surface area contributed by atoms with Crippen LogP contribution >= 0.6 is 11.6 Å². The van der Waals surface area contributed by atoms with Crippen LogP contribution in [0.15, 0.2) is 42.6 Å². The average Bonchev–Trinajstić information content (AvgIpc) is 2.49. The Morgan fingerprint density at radius 3 is 2.67 bits per heavy atom. The molecule has 2 aromatic rings. The van der Waals surface area contributed by atoms with E-state index >= 15 is 0 Å². The van der Waals surface area contributed by atoms with Crippen LogP contribution in [0.3, 0.4) is 0 Å². The van der Waals surface area contributed by atoms with Crippen molar-refractivity contribution in [2.45, 2.75) is 20.0 Å². The second-order valence-electron chi connectivity index (χ2n) is 4.84. The van der Waals surface area contributed by atoms with E-state index < -0.39 is 0 Å². The number of halogens is 1. The van der Waals surface area contributed by atoms with E-state index in [1.165, 1.54) is 0 Å². The Morgan fingerprint density at radius 2 is 2.10 bits per heavy atom. The van der Waals surface area contributed by atoms with Crippen molar-refractivity contribution in [3.8, 4) is 0 Å². The fraction of sp³-hybridized carbons (Fsp3) is 0.250. The van der Waals surface area contributed by atoms with Gasteiger partial charge in [-0.1, -0.05) is 36.7 Å². The van der Waals surface area contributed by atoms with Crippen molar-refractivity contribution in [1.29, 1.82) is 5.41 Å². The summed E-state index contributed by atoms with van der Waals surface area (Å²) in [6, 6.07) is 11.4. The number of hydrogen-bond acceptors (Lipinski definition) is 3. The Morgan fingerprint density at radius 1 is 1.29 bits per heavy atom. The van der Waals surface area contributed by atoms with E-state index in [1.54, 1.807) is 12.3 Å². The van der Waals surface area contributed by atoms with Crippen LogP contribution in [0.5, 0.6) is 0 Å². The predicted octanol–water partition coefficient (Wildman–Crippen LogP) is 3.04. The van der Waals surface area contributed by atoms with Gasteiger partial charge in [0.1, 0.15) is 5.84 Å². The van der Waals surface area contributed by atoms with Gasteiger partial charge in [0.15, 0.2) is 0 Å². The first kappa shape index (κ1) is 15.5. The minimum absolute atomic E-state index is 0.0317. The molecular weight excluding hydrogens is 284 g/mol. The third kappa shape index (κ3) is 4.28. The molecule has 0 fully saturated rings. The Bertz CT molecular complexity index is 613. The van der Waals surface area contributed by atoms with Crippen LogP contribution in [0.4, 0.5) is 0 Å². The zero-order chi connectivity index (χ0) is 15.2. The maximum absolute atomic E-state index is 7.43. The molecule has 0 saturated heterocycles. The average molecular weight is 303 g/mol. The van der Waals surface area contributed by atoms with Gasteiger partial charge in [-0.2, -0.15) is 0 Å². The number of nitrogen functional groups attached to an aromatic ring is 1. The van der Waals surface area contributed by atoms with E-state index in [1.807, 2.05) is 30.3 Å². The van der Waals surface area contributed by atoms with Crippen LogP contribution in [0.2, 0.25) is 5.02 Å². The molecule has 110 valence electrons. The molecule has 0 radical (unpaired) electrons. The van der Waals surface area contributed by atoms with E-state index in [-0.39, 0.29) is 5.84 Å². The largest absolute Gasteiger partial charge is 0.384 e. The molecule has 0 unspecified atom stereocenters. The van der Waals surface area contributed by atoms with Crippen LogP contribution < -0.4 is 5.73 Å². The summed E-state index contributed by atoms with van der Waals surface area (Å²) in [5.41, 5.74) is 8.18. The highest BCUT2D eigenvalue weighted by molar-refractivity contribution is 6.31. The molecule has 0 bridgehead atoms. The van der Waals surface area contributed by atoms with Crippen LogP contribution in [0, 0.1) is 5.41 Å². The topological polar surface area (TPSA) is 66.0 Å². The van der Waals surface area contributed by atoms with Crippen LogP contribution in [0.1, 0.15) is 23.7 Å². The summed E-state index contributed by atoms with van der Waals surface area (Å²) in [5, 5.41) is 8.07. The van der Waals surface area contributed by atoms with Gasteiger partial charge in [-0.05, 0) is 30.3 Å². The van der Waals surface area contributed by atoms with E-state index in [2.05, 4.69) is 16.8 Å². The Balaban J connectivity index is 2.10. The number of amidine groups is 1. The highest BCUT2D eigenvalue weighted by Gasteiger charge is 2.09. The van der Waals surface area contributed by atoms with Crippen LogP contribution in [-0.4, -0.2) is 22.3 Å². The van der Waals surface area contributed by atoms with Crippen molar-refractivity contribution in [3.05, 3.63) is 64.4 Å². The quantitative estimate of drug-likeness (QED) is 0.636. The lowest BCUT2D eigenvalue weighted by Crippen LogP contribution is -2.23. The second kappa shape index (κ2) is 7.20. The third-order valence-corrected chi connectivity index (χ3v) is 3.67. The number of nitrogens with zero attached hydrogens (tertiary/aromatic N) is 2. The number of nitrogens with one attached hydrogen (secondary N) is 1. The number of aromatic nitrogens is 1.